The fraction of sp³-hybridized carbons (Fsp3) is 0.500. The highest BCUT2D eigenvalue weighted by molar-refractivity contribution is 5.40. The highest BCUT2D eigenvalue weighted by Crippen LogP contribution is 2.36. The Kier molecular flexibility index (Phi) is 3.70. The second-order valence-corrected chi connectivity index (χ2v) is 6.46. The summed E-state index contributed by atoms with van der Waals surface area (Å²) in [6.07, 6.45) is 7.41. The van der Waals surface area contributed by atoms with Gasteiger partial charge in [0, 0.05) is 31.0 Å². The van der Waals surface area contributed by atoms with Crippen molar-refractivity contribution < 1.29 is 4.39 Å². The molecule has 1 aromatic carbocycles. The fourth-order valence-electron chi connectivity index (χ4n) is 3.90. The summed E-state index contributed by atoms with van der Waals surface area (Å²) in [5.41, 5.74) is 4.73. The number of hydrogen-bond donors (Lipinski definition) is 1. The first-order valence-corrected chi connectivity index (χ1v) is 8.40. The van der Waals surface area contributed by atoms with E-state index < -0.39 is 0 Å². The molecule has 4 rings (SSSR count). The molecule has 2 aliphatic rings. The molecule has 1 aliphatic heterocycles. The van der Waals surface area contributed by atoms with Crippen molar-refractivity contribution in [3.8, 4) is 5.69 Å². The van der Waals surface area contributed by atoms with Gasteiger partial charge in [0.05, 0.1) is 17.1 Å². The molecule has 0 radical (unpaired) electrons. The van der Waals surface area contributed by atoms with Crippen molar-refractivity contribution in [2.24, 2.45) is 0 Å². The monoisotopic (exact) mass is 299 g/mol. The quantitative estimate of drug-likeness (QED) is 0.916. The SMILES string of the molecule is Fc1cccc(-n2nc(C3CCCCC3)c3c2CCNC3)c1. The summed E-state index contributed by atoms with van der Waals surface area (Å²) in [5, 5.41) is 8.41. The molecule has 1 fully saturated rings. The molecular formula is C18H22FN3. The number of nitrogens with zero attached hydrogens (tertiary/aromatic N) is 2. The molecule has 1 aromatic heterocycles. The maximum absolute atomic E-state index is 13.6. The van der Waals surface area contributed by atoms with E-state index in [2.05, 4.69) is 5.32 Å². The number of nitrogens with one attached hydrogen (secondary N) is 1. The van der Waals surface area contributed by atoms with Crippen molar-refractivity contribution in [2.75, 3.05) is 6.54 Å². The van der Waals surface area contributed by atoms with Gasteiger partial charge < -0.3 is 5.32 Å². The van der Waals surface area contributed by atoms with E-state index in [9.17, 15) is 4.39 Å². The Morgan fingerprint density at radius 3 is 2.86 bits per heavy atom. The average molecular weight is 299 g/mol. The number of aromatic nitrogens is 2. The summed E-state index contributed by atoms with van der Waals surface area (Å²) in [6.45, 7) is 1.87. The van der Waals surface area contributed by atoms with E-state index in [1.54, 1.807) is 12.1 Å². The molecule has 4 heteroatoms. The lowest BCUT2D eigenvalue weighted by Crippen LogP contribution is -2.25. The highest BCUT2D eigenvalue weighted by Gasteiger charge is 2.27. The Hall–Kier alpha value is -1.68. The van der Waals surface area contributed by atoms with Crippen LogP contribution in [-0.2, 0) is 13.0 Å². The molecule has 0 amide bonds. The molecule has 2 heterocycles. The minimum absolute atomic E-state index is 0.199. The predicted molar refractivity (Wildman–Crippen MR) is 84.8 cm³/mol. The average Bonchev–Trinajstić information content (AvgIpc) is 2.95. The smallest absolute Gasteiger partial charge is 0.125 e. The molecule has 1 aliphatic carbocycles. The summed E-state index contributed by atoms with van der Waals surface area (Å²) in [4.78, 5) is 0. The predicted octanol–water partition coefficient (Wildman–Crippen LogP) is 3.70. The minimum atomic E-state index is -0.199. The number of fused-ring (bicyclic) bond motifs is 1. The van der Waals surface area contributed by atoms with Gasteiger partial charge in [0.15, 0.2) is 0 Å². The number of hydrogen-bond acceptors (Lipinski definition) is 2. The molecule has 0 atom stereocenters. The molecule has 22 heavy (non-hydrogen) atoms. The molecule has 0 bridgehead atoms. The van der Waals surface area contributed by atoms with Crippen LogP contribution in [-0.4, -0.2) is 16.3 Å². The number of rotatable bonds is 2. The molecule has 0 saturated heterocycles. The van der Waals surface area contributed by atoms with Gasteiger partial charge in [-0.15, -0.1) is 0 Å². The van der Waals surface area contributed by atoms with Crippen LogP contribution in [0.3, 0.4) is 0 Å². The minimum Gasteiger partial charge on any atom is -0.312 e. The van der Waals surface area contributed by atoms with Gasteiger partial charge in [0.2, 0.25) is 0 Å². The zero-order chi connectivity index (χ0) is 14.9. The topological polar surface area (TPSA) is 29.9 Å². The van der Waals surface area contributed by atoms with Gasteiger partial charge in [-0.3, -0.25) is 0 Å². The molecule has 1 N–H and O–H groups in total. The first-order valence-electron chi connectivity index (χ1n) is 8.40. The summed E-state index contributed by atoms with van der Waals surface area (Å²) in [7, 11) is 0. The van der Waals surface area contributed by atoms with E-state index in [1.807, 2.05) is 10.7 Å². The van der Waals surface area contributed by atoms with Gasteiger partial charge in [-0.1, -0.05) is 25.3 Å². The Morgan fingerprint density at radius 2 is 2.05 bits per heavy atom. The summed E-state index contributed by atoms with van der Waals surface area (Å²) < 4.78 is 15.6. The van der Waals surface area contributed by atoms with E-state index in [1.165, 1.54) is 55.1 Å². The van der Waals surface area contributed by atoms with Crippen molar-refractivity contribution in [2.45, 2.75) is 51.0 Å². The fourth-order valence-corrected chi connectivity index (χ4v) is 3.90. The van der Waals surface area contributed by atoms with Gasteiger partial charge in [-0.05, 0) is 31.0 Å². The molecule has 116 valence electrons. The third kappa shape index (κ3) is 2.45. The molecular weight excluding hydrogens is 277 g/mol. The van der Waals surface area contributed by atoms with Gasteiger partial charge in [-0.25, -0.2) is 9.07 Å². The van der Waals surface area contributed by atoms with Gasteiger partial charge in [0.25, 0.3) is 0 Å². The zero-order valence-corrected chi connectivity index (χ0v) is 12.8. The van der Waals surface area contributed by atoms with E-state index in [0.717, 1.165) is 25.2 Å². The van der Waals surface area contributed by atoms with E-state index in [0.29, 0.717) is 5.92 Å². The van der Waals surface area contributed by atoms with Crippen LogP contribution < -0.4 is 5.32 Å². The Bertz CT molecular complexity index is 671. The second kappa shape index (κ2) is 5.84. The highest BCUT2D eigenvalue weighted by atomic mass is 19.1. The van der Waals surface area contributed by atoms with Crippen molar-refractivity contribution in [3.05, 3.63) is 47.0 Å². The van der Waals surface area contributed by atoms with Crippen LogP contribution in [0.2, 0.25) is 0 Å². The maximum Gasteiger partial charge on any atom is 0.125 e. The van der Waals surface area contributed by atoms with Crippen LogP contribution in [0.15, 0.2) is 24.3 Å². The molecule has 2 aromatic rings. The Morgan fingerprint density at radius 1 is 1.18 bits per heavy atom. The number of benzene rings is 1. The summed E-state index contributed by atoms with van der Waals surface area (Å²) >= 11 is 0. The van der Waals surface area contributed by atoms with Crippen LogP contribution >= 0.6 is 0 Å². The lowest BCUT2D eigenvalue weighted by molar-refractivity contribution is 0.432. The van der Waals surface area contributed by atoms with Gasteiger partial charge >= 0.3 is 0 Å². The van der Waals surface area contributed by atoms with E-state index in [-0.39, 0.29) is 5.82 Å². The van der Waals surface area contributed by atoms with Crippen LogP contribution in [0.4, 0.5) is 4.39 Å². The van der Waals surface area contributed by atoms with E-state index >= 15 is 0 Å². The van der Waals surface area contributed by atoms with E-state index in [4.69, 9.17) is 5.10 Å². The lowest BCUT2D eigenvalue weighted by atomic mass is 9.84. The Labute approximate surface area is 130 Å². The second-order valence-electron chi connectivity index (χ2n) is 6.46. The third-order valence-corrected chi connectivity index (χ3v) is 5.01. The summed E-state index contributed by atoms with van der Waals surface area (Å²) in [6, 6.07) is 6.78. The number of halogens is 1. The van der Waals surface area contributed by atoms with Crippen LogP contribution in [0.1, 0.15) is 55.0 Å². The first kappa shape index (κ1) is 13.9. The first-order chi connectivity index (χ1) is 10.8. The normalized spacial score (nSPS) is 19.1. The largest absolute Gasteiger partial charge is 0.312 e. The van der Waals surface area contributed by atoms with Crippen LogP contribution in [0.25, 0.3) is 5.69 Å². The lowest BCUT2D eigenvalue weighted by Gasteiger charge is -2.22. The van der Waals surface area contributed by atoms with Gasteiger partial charge in [0.1, 0.15) is 5.82 Å². The van der Waals surface area contributed by atoms with Crippen LogP contribution in [0.5, 0.6) is 0 Å². The van der Waals surface area contributed by atoms with Crippen molar-refractivity contribution in [1.29, 1.82) is 0 Å². The molecule has 0 unspecified atom stereocenters. The van der Waals surface area contributed by atoms with Crippen molar-refractivity contribution in [1.82, 2.24) is 15.1 Å². The maximum atomic E-state index is 13.6. The van der Waals surface area contributed by atoms with Gasteiger partial charge in [-0.2, -0.15) is 5.10 Å². The van der Waals surface area contributed by atoms with Crippen LogP contribution in [0, 0.1) is 5.82 Å². The molecule has 1 saturated carbocycles. The van der Waals surface area contributed by atoms with Crippen molar-refractivity contribution in [3.63, 3.8) is 0 Å². The zero-order valence-electron chi connectivity index (χ0n) is 12.8. The molecule has 3 nitrogen and oxygen atoms in total. The Balaban J connectivity index is 1.80. The molecule has 0 spiro atoms. The standard InChI is InChI=1S/C18H22FN3/c19-14-7-4-8-15(11-14)22-17-9-10-20-12-16(17)18(21-22)13-5-2-1-3-6-13/h4,7-8,11,13,20H,1-3,5-6,9-10,12H2. The summed E-state index contributed by atoms with van der Waals surface area (Å²) in [5.74, 6) is 0.382. The van der Waals surface area contributed by atoms with Crippen molar-refractivity contribution >= 4 is 0 Å². The third-order valence-electron chi connectivity index (χ3n) is 5.01.